The molecule has 1 aromatic heterocycles. The van der Waals surface area contributed by atoms with Gasteiger partial charge in [0, 0.05) is 37.1 Å². The Labute approximate surface area is 130 Å². The molecule has 0 saturated carbocycles. The van der Waals surface area contributed by atoms with E-state index in [1.807, 2.05) is 16.7 Å². The molecule has 0 aliphatic carbocycles. The second kappa shape index (κ2) is 7.29. The first kappa shape index (κ1) is 16.3. The molecular weight excluding hydrogens is 286 g/mol. The predicted molar refractivity (Wildman–Crippen MR) is 84.5 cm³/mol. The van der Waals surface area contributed by atoms with Crippen molar-refractivity contribution in [3.05, 3.63) is 11.7 Å². The number of hydrogen-bond donors (Lipinski definition) is 0. The third-order valence-electron chi connectivity index (χ3n) is 3.50. The van der Waals surface area contributed by atoms with E-state index < -0.39 is 0 Å². The molecule has 0 spiro atoms. The number of hydrogen-bond acceptors (Lipinski definition) is 5. The van der Waals surface area contributed by atoms with E-state index in [9.17, 15) is 4.79 Å². The molecular formula is C15H25N3O2S. The summed E-state index contributed by atoms with van der Waals surface area (Å²) in [7, 11) is 0. The number of thioether (sulfide) groups is 1. The van der Waals surface area contributed by atoms with Gasteiger partial charge in [-0.3, -0.25) is 4.79 Å². The highest BCUT2D eigenvalue weighted by Gasteiger charge is 2.21. The van der Waals surface area contributed by atoms with E-state index in [1.54, 1.807) is 0 Å². The Kier molecular flexibility index (Phi) is 5.67. The van der Waals surface area contributed by atoms with Crippen molar-refractivity contribution in [2.24, 2.45) is 0 Å². The normalized spacial score (nSPS) is 16.8. The number of carbonyl (C=O) groups excluding carboxylic acids is 1. The summed E-state index contributed by atoms with van der Waals surface area (Å²) in [6.07, 6.45) is 3.12. The minimum absolute atomic E-state index is 0.0959. The summed E-state index contributed by atoms with van der Waals surface area (Å²) in [5.41, 5.74) is -0.0959. The van der Waals surface area contributed by atoms with Crippen molar-refractivity contribution in [2.75, 3.05) is 24.6 Å². The lowest BCUT2D eigenvalue weighted by atomic mass is 9.96. The molecule has 1 aromatic rings. The molecule has 1 aliphatic heterocycles. The molecule has 0 unspecified atom stereocenters. The van der Waals surface area contributed by atoms with Crippen molar-refractivity contribution < 1.29 is 9.32 Å². The zero-order valence-corrected chi connectivity index (χ0v) is 14.0. The number of carbonyl (C=O) groups is 1. The van der Waals surface area contributed by atoms with Crippen LogP contribution in [0.1, 0.15) is 51.7 Å². The molecule has 2 rings (SSSR count). The monoisotopic (exact) mass is 311 g/mol. The van der Waals surface area contributed by atoms with Gasteiger partial charge in [-0.25, -0.2) is 0 Å². The molecule has 2 heterocycles. The fourth-order valence-electron chi connectivity index (χ4n) is 2.21. The maximum absolute atomic E-state index is 12.2. The van der Waals surface area contributed by atoms with Gasteiger partial charge in [-0.2, -0.15) is 16.7 Å². The van der Waals surface area contributed by atoms with E-state index in [0.717, 1.165) is 37.5 Å². The van der Waals surface area contributed by atoms with Gasteiger partial charge in [0.25, 0.3) is 0 Å². The summed E-state index contributed by atoms with van der Waals surface area (Å²) in [4.78, 5) is 18.5. The van der Waals surface area contributed by atoms with Gasteiger partial charge in [-0.1, -0.05) is 25.9 Å². The lowest BCUT2D eigenvalue weighted by Crippen LogP contribution is -2.32. The minimum Gasteiger partial charge on any atom is -0.342 e. The Morgan fingerprint density at radius 3 is 2.86 bits per heavy atom. The molecule has 1 saturated heterocycles. The summed E-state index contributed by atoms with van der Waals surface area (Å²) in [5, 5.41) is 4.00. The highest BCUT2D eigenvalue weighted by Crippen LogP contribution is 2.19. The van der Waals surface area contributed by atoms with Crippen LogP contribution < -0.4 is 0 Å². The topological polar surface area (TPSA) is 59.2 Å². The van der Waals surface area contributed by atoms with E-state index in [2.05, 4.69) is 30.9 Å². The van der Waals surface area contributed by atoms with Gasteiger partial charge in [-0.15, -0.1) is 0 Å². The van der Waals surface area contributed by atoms with Crippen molar-refractivity contribution in [2.45, 2.75) is 51.9 Å². The van der Waals surface area contributed by atoms with Crippen LogP contribution in [-0.2, 0) is 16.6 Å². The number of rotatable bonds is 4. The van der Waals surface area contributed by atoms with Crippen LogP contribution in [0.2, 0.25) is 0 Å². The molecule has 6 heteroatoms. The van der Waals surface area contributed by atoms with Gasteiger partial charge in [0.05, 0.1) is 0 Å². The Balaban J connectivity index is 1.76. The van der Waals surface area contributed by atoms with E-state index in [0.29, 0.717) is 18.7 Å². The second-order valence-electron chi connectivity index (χ2n) is 6.46. The van der Waals surface area contributed by atoms with Crippen LogP contribution in [0.15, 0.2) is 4.52 Å². The SMILES string of the molecule is CC(C)(C)c1noc(CCCC(=O)N2CCCSCC2)n1. The molecule has 0 aromatic carbocycles. The van der Waals surface area contributed by atoms with Crippen molar-refractivity contribution in [1.82, 2.24) is 15.0 Å². The first-order valence-electron chi connectivity index (χ1n) is 7.65. The number of aromatic nitrogens is 2. The van der Waals surface area contributed by atoms with Crippen LogP contribution in [0.5, 0.6) is 0 Å². The van der Waals surface area contributed by atoms with Gasteiger partial charge < -0.3 is 9.42 Å². The average Bonchev–Trinajstić information content (AvgIpc) is 2.73. The van der Waals surface area contributed by atoms with Crippen LogP contribution in [0.4, 0.5) is 0 Å². The van der Waals surface area contributed by atoms with Gasteiger partial charge in [0.1, 0.15) is 0 Å². The molecule has 1 fully saturated rings. The Hall–Kier alpha value is -1.04. The Morgan fingerprint density at radius 2 is 2.14 bits per heavy atom. The third-order valence-corrected chi connectivity index (χ3v) is 4.54. The van der Waals surface area contributed by atoms with Gasteiger partial charge >= 0.3 is 0 Å². The number of nitrogens with zero attached hydrogens (tertiary/aromatic N) is 3. The van der Waals surface area contributed by atoms with Crippen LogP contribution in [0.25, 0.3) is 0 Å². The zero-order chi connectivity index (χ0) is 15.3. The number of amides is 1. The standard InChI is InChI=1S/C15H25N3O2S/c1-15(2,3)14-16-12(20-17-14)6-4-7-13(19)18-8-5-10-21-11-9-18/h4-11H2,1-3H3. The van der Waals surface area contributed by atoms with E-state index in [1.165, 1.54) is 5.75 Å². The maximum Gasteiger partial charge on any atom is 0.226 e. The zero-order valence-electron chi connectivity index (χ0n) is 13.2. The lowest BCUT2D eigenvalue weighted by molar-refractivity contribution is -0.131. The van der Waals surface area contributed by atoms with Crippen molar-refractivity contribution in [3.8, 4) is 0 Å². The molecule has 1 aliphatic rings. The highest BCUT2D eigenvalue weighted by molar-refractivity contribution is 7.99. The number of aryl methyl sites for hydroxylation is 1. The molecule has 1 amide bonds. The smallest absolute Gasteiger partial charge is 0.226 e. The molecule has 0 N–H and O–H groups in total. The van der Waals surface area contributed by atoms with E-state index in [4.69, 9.17) is 4.52 Å². The lowest BCUT2D eigenvalue weighted by Gasteiger charge is -2.19. The van der Waals surface area contributed by atoms with Crippen molar-refractivity contribution in [3.63, 3.8) is 0 Å². The maximum atomic E-state index is 12.2. The highest BCUT2D eigenvalue weighted by atomic mass is 32.2. The van der Waals surface area contributed by atoms with Crippen LogP contribution in [0, 0.1) is 0 Å². The summed E-state index contributed by atoms with van der Waals surface area (Å²) >= 11 is 1.94. The van der Waals surface area contributed by atoms with E-state index in [-0.39, 0.29) is 11.3 Å². The summed E-state index contributed by atoms with van der Waals surface area (Å²) in [6, 6.07) is 0. The van der Waals surface area contributed by atoms with Crippen LogP contribution in [-0.4, -0.2) is 45.5 Å². The Morgan fingerprint density at radius 1 is 1.33 bits per heavy atom. The second-order valence-corrected chi connectivity index (χ2v) is 7.69. The molecule has 21 heavy (non-hydrogen) atoms. The van der Waals surface area contributed by atoms with Gasteiger partial charge in [0.2, 0.25) is 11.8 Å². The predicted octanol–water partition coefficient (Wildman–Crippen LogP) is 2.66. The first-order valence-corrected chi connectivity index (χ1v) is 8.81. The van der Waals surface area contributed by atoms with Crippen LogP contribution >= 0.6 is 11.8 Å². The van der Waals surface area contributed by atoms with Gasteiger partial charge in [0.15, 0.2) is 5.82 Å². The summed E-state index contributed by atoms with van der Waals surface area (Å²) < 4.78 is 5.25. The Bertz CT molecular complexity index is 460. The van der Waals surface area contributed by atoms with E-state index >= 15 is 0 Å². The average molecular weight is 311 g/mol. The fourth-order valence-corrected chi connectivity index (χ4v) is 3.09. The first-order chi connectivity index (χ1) is 9.97. The molecule has 0 bridgehead atoms. The van der Waals surface area contributed by atoms with Crippen molar-refractivity contribution >= 4 is 17.7 Å². The molecule has 118 valence electrons. The molecule has 0 radical (unpaired) electrons. The summed E-state index contributed by atoms with van der Waals surface area (Å²) in [6.45, 7) is 7.96. The third kappa shape index (κ3) is 5.02. The largest absolute Gasteiger partial charge is 0.342 e. The molecule has 0 atom stereocenters. The van der Waals surface area contributed by atoms with Crippen LogP contribution in [0.3, 0.4) is 0 Å². The van der Waals surface area contributed by atoms with Gasteiger partial charge in [-0.05, 0) is 18.6 Å². The summed E-state index contributed by atoms with van der Waals surface area (Å²) in [5.74, 6) is 3.85. The minimum atomic E-state index is -0.0959. The fraction of sp³-hybridized carbons (Fsp3) is 0.800. The quantitative estimate of drug-likeness (QED) is 0.855. The van der Waals surface area contributed by atoms with Crippen molar-refractivity contribution in [1.29, 1.82) is 0 Å². The molecule has 5 nitrogen and oxygen atoms in total.